The van der Waals surface area contributed by atoms with Crippen LogP contribution >= 0.6 is 7.82 Å². The van der Waals surface area contributed by atoms with Crippen molar-refractivity contribution in [1.82, 2.24) is 0 Å². The lowest BCUT2D eigenvalue weighted by Gasteiger charge is -2.19. The average Bonchev–Trinajstić information content (AvgIpc) is 3.13. The minimum absolute atomic E-state index is 0.0230. The zero-order valence-electron chi connectivity index (χ0n) is 33.5. The van der Waals surface area contributed by atoms with Crippen molar-refractivity contribution >= 4 is 13.8 Å². The third-order valence-electron chi connectivity index (χ3n) is 8.81. The van der Waals surface area contributed by atoms with Gasteiger partial charge in [-0.3, -0.25) is 13.8 Å². The van der Waals surface area contributed by atoms with Crippen LogP contribution in [0.5, 0.6) is 0 Å². The first-order valence-corrected chi connectivity index (χ1v) is 22.7. The van der Waals surface area contributed by atoms with E-state index in [1.54, 1.807) is 6.26 Å². The summed E-state index contributed by atoms with van der Waals surface area (Å²) in [6, 6.07) is 0. The molecule has 0 fully saturated rings. The van der Waals surface area contributed by atoms with E-state index in [2.05, 4.69) is 50.3 Å². The summed E-state index contributed by atoms with van der Waals surface area (Å²) >= 11 is 0. The average molecular weight is 754 g/mol. The fraction of sp³-hybridized carbons (Fsp3) is 0.791. The maximum atomic E-state index is 12.5. The summed E-state index contributed by atoms with van der Waals surface area (Å²) in [5, 5.41) is 0. The Hall–Kier alpha value is -1.70. The molecular formula is C43H80NO7P. The minimum Gasteiger partial charge on any atom is -0.498 e. The summed E-state index contributed by atoms with van der Waals surface area (Å²) in [5.41, 5.74) is 5.36. The van der Waals surface area contributed by atoms with E-state index >= 15 is 0 Å². The predicted octanol–water partition coefficient (Wildman–Crippen LogP) is 12.8. The molecule has 0 bridgehead atoms. The summed E-state index contributed by atoms with van der Waals surface area (Å²) < 4.78 is 33.1. The Labute approximate surface area is 320 Å². The number of hydrogen-bond acceptors (Lipinski definition) is 7. The van der Waals surface area contributed by atoms with Gasteiger partial charge < -0.3 is 20.1 Å². The molecule has 2 unspecified atom stereocenters. The third kappa shape index (κ3) is 39.5. The van der Waals surface area contributed by atoms with Crippen LogP contribution in [0.2, 0.25) is 0 Å². The van der Waals surface area contributed by atoms with E-state index in [-0.39, 0.29) is 38.8 Å². The fourth-order valence-electron chi connectivity index (χ4n) is 5.67. The van der Waals surface area contributed by atoms with Gasteiger partial charge in [-0.15, -0.1) is 0 Å². The van der Waals surface area contributed by atoms with Crippen LogP contribution in [-0.4, -0.2) is 43.3 Å². The third-order valence-corrected chi connectivity index (χ3v) is 9.80. The quantitative estimate of drug-likeness (QED) is 0.0209. The van der Waals surface area contributed by atoms with E-state index in [0.717, 1.165) is 57.8 Å². The lowest BCUT2D eigenvalue weighted by molar-refractivity contribution is -0.153. The molecule has 52 heavy (non-hydrogen) atoms. The molecule has 2 atom stereocenters. The molecule has 0 aromatic carbocycles. The Balaban J connectivity index is 4.14. The Morgan fingerprint density at radius 2 is 1.04 bits per heavy atom. The van der Waals surface area contributed by atoms with Crippen molar-refractivity contribution in [3.63, 3.8) is 0 Å². The van der Waals surface area contributed by atoms with Crippen LogP contribution in [0, 0.1) is 0 Å². The second-order valence-corrected chi connectivity index (χ2v) is 15.4. The number of allylic oxidation sites excluding steroid dienone is 7. The first-order chi connectivity index (χ1) is 25.4. The first kappa shape index (κ1) is 50.3. The highest BCUT2D eigenvalue weighted by Crippen LogP contribution is 2.43. The number of carbonyl (C=O) groups is 1. The zero-order chi connectivity index (χ0) is 38.1. The molecule has 0 saturated carbocycles. The highest BCUT2D eigenvalue weighted by Gasteiger charge is 2.25. The zero-order valence-corrected chi connectivity index (χ0v) is 34.4. The normalized spacial score (nSPS) is 13.9. The smallest absolute Gasteiger partial charge is 0.472 e. The topological polar surface area (TPSA) is 117 Å². The monoisotopic (exact) mass is 754 g/mol. The van der Waals surface area contributed by atoms with Crippen molar-refractivity contribution in [2.75, 3.05) is 26.4 Å². The van der Waals surface area contributed by atoms with Crippen LogP contribution in [0.3, 0.4) is 0 Å². The van der Waals surface area contributed by atoms with Gasteiger partial charge in [-0.25, -0.2) is 4.57 Å². The van der Waals surface area contributed by atoms with Gasteiger partial charge in [-0.1, -0.05) is 159 Å². The van der Waals surface area contributed by atoms with Gasteiger partial charge >= 0.3 is 13.8 Å². The molecule has 0 aromatic rings. The van der Waals surface area contributed by atoms with Crippen molar-refractivity contribution in [2.24, 2.45) is 5.73 Å². The molecule has 0 spiro atoms. The molecule has 3 N–H and O–H groups in total. The number of carbonyl (C=O) groups excluding carboxylic acids is 1. The van der Waals surface area contributed by atoms with Crippen molar-refractivity contribution < 1.29 is 32.8 Å². The Morgan fingerprint density at radius 3 is 1.58 bits per heavy atom. The standard InChI is InChI=1S/C43H80NO7P/c1-3-5-7-9-11-13-15-17-19-21-22-24-26-28-30-32-34-36-43(45)51-42(41-50-52(46,47)49-39-37-44)40-48-38-35-33-31-29-27-25-23-20-18-16-14-12-10-8-6-4-2/h11,13,17,19,22,24,35,38,42H,3-10,12,14-16,18,20-21,23,25-34,36-37,39-41,44H2,1-2H3,(H,46,47). The molecule has 304 valence electrons. The second-order valence-electron chi connectivity index (χ2n) is 13.9. The van der Waals surface area contributed by atoms with Crippen LogP contribution in [0.25, 0.3) is 0 Å². The van der Waals surface area contributed by atoms with E-state index in [4.69, 9.17) is 24.3 Å². The number of hydrogen-bond donors (Lipinski definition) is 2. The van der Waals surface area contributed by atoms with Gasteiger partial charge in [0.1, 0.15) is 6.61 Å². The van der Waals surface area contributed by atoms with Crippen LogP contribution in [0.4, 0.5) is 0 Å². The van der Waals surface area contributed by atoms with E-state index in [1.165, 1.54) is 109 Å². The Bertz CT molecular complexity index is 936. The molecule has 0 rings (SSSR count). The van der Waals surface area contributed by atoms with E-state index in [0.29, 0.717) is 0 Å². The number of ether oxygens (including phenoxy) is 2. The van der Waals surface area contributed by atoms with Crippen molar-refractivity contribution in [3.05, 3.63) is 48.8 Å². The molecule has 9 heteroatoms. The van der Waals surface area contributed by atoms with Crippen LogP contribution in [-0.2, 0) is 27.9 Å². The summed E-state index contributed by atoms with van der Waals surface area (Å²) in [7, 11) is -4.30. The molecule has 0 saturated heterocycles. The summed E-state index contributed by atoms with van der Waals surface area (Å²) in [6.45, 7) is 4.19. The number of phosphoric acid groups is 1. The second kappa shape index (κ2) is 40.5. The molecule has 0 aliphatic carbocycles. The van der Waals surface area contributed by atoms with Gasteiger partial charge in [-0.05, 0) is 63.9 Å². The molecule has 0 radical (unpaired) electrons. The molecule has 0 aromatic heterocycles. The Kier molecular flexibility index (Phi) is 39.2. The van der Waals surface area contributed by atoms with Crippen LogP contribution < -0.4 is 5.73 Å². The number of rotatable bonds is 40. The van der Waals surface area contributed by atoms with E-state index < -0.39 is 13.9 Å². The summed E-state index contributed by atoms with van der Waals surface area (Å²) in [5.74, 6) is -0.373. The van der Waals surface area contributed by atoms with Crippen molar-refractivity contribution in [2.45, 2.75) is 193 Å². The van der Waals surface area contributed by atoms with E-state index in [9.17, 15) is 14.3 Å². The first-order valence-electron chi connectivity index (χ1n) is 21.2. The van der Waals surface area contributed by atoms with Gasteiger partial charge in [0.25, 0.3) is 0 Å². The lowest BCUT2D eigenvalue weighted by Crippen LogP contribution is -2.27. The molecule has 8 nitrogen and oxygen atoms in total. The lowest BCUT2D eigenvalue weighted by atomic mass is 10.0. The molecule has 0 amide bonds. The number of phosphoric ester groups is 1. The summed E-state index contributed by atoms with van der Waals surface area (Å²) in [6.07, 6.45) is 47.9. The summed E-state index contributed by atoms with van der Waals surface area (Å²) in [4.78, 5) is 22.4. The molecule has 0 heterocycles. The van der Waals surface area contributed by atoms with Gasteiger partial charge in [0, 0.05) is 13.0 Å². The predicted molar refractivity (Wildman–Crippen MR) is 219 cm³/mol. The molecule has 0 aliphatic heterocycles. The number of esters is 1. The SMILES string of the molecule is CCCCCC=CCC=CCC=CCCCCCCC(=O)OC(COC=CCCCCCCCCCCCCCCCC)COP(=O)(O)OCCN. The van der Waals surface area contributed by atoms with Crippen LogP contribution in [0.1, 0.15) is 187 Å². The number of unbranched alkanes of at least 4 members (excludes halogenated alkanes) is 21. The number of nitrogens with two attached hydrogens (primary N) is 1. The molecular weight excluding hydrogens is 673 g/mol. The van der Waals surface area contributed by atoms with E-state index in [1.807, 2.05) is 6.08 Å². The highest BCUT2D eigenvalue weighted by atomic mass is 31.2. The van der Waals surface area contributed by atoms with Gasteiger partial charge in [0.2, 0.25) is 0 Å². The van der Waals surface area contributed by atoms with Crippen LogP contribution in [0.15, 0.2) is 48.8 Å². The Morgan fingerprint density at radius 1 is 0.596 bits per heavy atom. The maximum Gasteiger partial charge on any atom is 0.472 e. The fourth-order valence-corrected chi connectivity index (χ4v) is 6.44. The molecule has 0 aliphatic rings. The van der Waals surface area contributed by atoms with Gasteiger partial charge in [0.05, 0.1) is 19.5 Å². The van der Waals surface area contributed by atoms with Gasteiger partial charge in [-0.2, -0.15) is 0 Å². The largest absolute Gasteiger partial charge is 0.498 e. The van der Waals surface area contributed by atoms with Crippen molar-refractivity contribution in [3.8, 4) is 0 Å². The maximum absolute atomic E-state index is 12.5. The van der Waals surface area contributed by atoms with Gasteiger partial charge in [0.15, 0.2) is 6.10 Å². The van der Waals surface area contributed by atoms with Crippen molar-refractivity contribution in [1.29, 1.82) is 0 Å². The minimum atomic E-state index is -4.30. The highest BCUT2D eigenvalue weighted by molar-refractivity contribution is 7.47.